The highest BCUT2D eigenvalue weighted by molar-refractivity contribution is 7.71. The third-order valence-corrected chi connectivity index (χ3v) is 2.88. The van der Waals surface area contributed by atoms with Crippen LogP contribution in [0.2, 0.25) is 5.02 Å². The van der Waals surface area contributed by atoms with Gasteiger partial charge in [0.2, 0.25) is 0 Å². The highest BCUT2D eigenvalue weighted by Crippen LogP contribution is 2.23. The summed E-state index contributed by atoms with van der Waals surface area (Å²) in [5.41, 5.74) is 11.3. The Labute approximate surface area is 107 Å². The number of H-pyrrole nitrogens is 1. The third-order valence-electron chi connectivity index (χ3n) is 2.28. The van der Waals surface area contributed by atoms with E-state index in [4.69, 9.17) is 35.3 Å². The predicted octanol–water partition coefficient (Wildman–Crippen LogP) is 1.71. The van der Waals surface area contributed by atoms with E-state index in [0.717, 1.165) is 0 Å². The lowest BCUT2D eigenvalue weighted by atomic mass is 10.3. The number of nitrogens with one attached hydrogen (secondary N) is 1. The molecule has 7 heteroatoms. The Bertz CT molecular complexity index is 691. The number of nitrogens with two attached hydrogens (primary N) is 2. The molecule has 5 N–H and O–H groups in total. The molecular formula is C10H9ClN4OS. The first-order valence-corrected chi connectivity index (χ1v) is 5.46. The number of rotatable bonds is 1. The first kappa shape index (κ1) is 11.7. The zero-order valence-corrected chi connectivity index (χ0v) is 10.2. The van der Waals surface area contributed by atoms with Crippen molar-refractivity contribution in [1.29, 1.82) is 0 Å². The van der Waals surface area contributed by atoms with Crippen molar-refractivity contribution in [2.24, 2.45) is 0 Å². The van der Waals surface area contributed by atoms with Gasteiger partial charge in [0.25, 0.3) is 5.56 Å². The van der Waals surface area contributed by atoms with Crippen molar-refractivity contribution in [2.75, 3.05) is 11.5 Å². The van der Waals surface area contributed by atoms with Crippen molar-refractivity contribution in [2.45, 2.75) is 0 Å². The van der Waals surface area contributed by atoms with Crippen molar-refractivity contribution < 1.29 is 0 Å². The summed E-state index contributed by atoms with van der Waals surface area (Å²) in [6.07, 6.45) is 0. The van der Waals surface area contributed by atoms with Crippen LogP contribution >= 0.6 is 23.8 Å². The van der Waals surface area contributed by atoms with E-state index in [1.54, 1.807) is 24.3 Å². The molecule has 0 unspecified atom stereocenters. The zero-order valence-electron chi connectivity index (χ0n) is 8.61. The van der Waals surface area contributed by atoms with E-state index in [-0.39, 0.29) is 16.3 Å². The number of hydrogen-bond acceptors (Lipinski definition) is 4. The second-order valence-corrected chi connectivity index (χ2v) is 4.14. The Morgan fingerprint density at radius 2 is 1.94 bits per heavy atom. The van der Waals surface area contributed by atoms with Crippen molar-refractivity contribution >= 4 is 35.3 Å². The van der Waals surface area contributed by atoms with Crippen molar-refractivity contribution in [3.63, 3.8) is 0 Å². The first-order valence-electron chi connectivity index (χ1n) is 4.67. The molecular weight excluding hydrogens is 260 g/mol. The molecule has 5 nitrogen and oxygen atoms in total. The molecule has 0 atom stereocenters. The Balaban J connectivity index is 2.87. The molecule has 88 valence electrons. The van der Waals surface area contributed by atoms with Crippen LogP contribution in [0.25, 0.3) is 5.69 Å². The normalized spacial score (nSPS) is 10.4. The van der Waals surface area contributed by atoms with Gasteiger partial charge in [-0.25, -0.2) is 0 Å². The summed E-state index contributed by atoms with van der Waals surface area (Å²) in [5.74, 6) is 0.0758. The maximum absolute atomic E-state index is 11.4. The van der Waals surface area contributed by atoms with Gasteiger partial charge in [0.15, 0.2) is 4.77 Å². The molecule has 0 radical (unpaired) electrons. The van der Waals surface area contributed by atoms with Gasteiger partial charge in [0.05, 0.1) is 10.7 Å². The molecule has 2 aromatic rings. The van der Waals surface area contributed by atoms with Crippen LogP contribution in [-0.4, -0.2) is 9.55 Å². The van der Waals surface area contributed by atoms with Gasteiger partial charge in [-0.15, -0.1) is 0 Å². The predicted molar refractivity (Wildman–Crippen MR) is 71.1 cm³/mol. The minimum Gasteiger partial charge on any atom is -0.391 e. The van der Waals surface area contributed by atoms with Gasteiger partial charge >= 0.3 is 0 Å². The fourth-order valence-corrected chi connectivity index (χ4v) is 1.95. The summed E-state index contributed by atoms with van der Waals surface area (Å²) in [4.78, 5) is 13.8. The van der Waals surface area contributed by atoms with Gasteiger partial charge in [0.1, 0.15) is 11.5 Å². The standard InChI is InChI=1S/C10H9ClN4OS/c11-5-3-1-2-4-6(5)15-8(13)7(12)9(16)14-10(15)17/h1-4H,12-13H2,(H,14,16,17). The molecule has 1 aromatic heterocycles. The van der Waals surface area contributed by atoms with Crippen LogP contribution in [0.1, 0.15) is 0 Å². The van der Waals surface area contributed by atoms with Gasteiger partial charge in [-0.05, 0) is 24.4 Å². The average molecular weight is 269 g/mol. The Morgan fingerprint density at radius 3 is 2.59 bits per heavy atom. The van der Waals surface area contributed by atoms with E-state index in [0.29, 0.717) is 10.7 Å². The quantitative estimate of drug-likeness (QED) is 0.687. The molecule has 0 bridgehead atoms. The number of benzene rings is 1. The van der Waals surface area contributed by atoms with Crippen LogP contribution in [0.5, 0.6) is 0 Å². The van der Waals surface area contributed by atoms with E-state index < -0.39 is 5.56 Å². The van der Waals surface area contributed by atoms with E-state index in [9.17, 15) is 4.79 Å². The lowest BCUT2D eigenvalue weighted by molar-refractivity contribution is 0.955. The number of aromatic nitrogens is 2. The van der Waals surface area contributed by atoms with E-state index in [2.05, 4.69) is 4.98 Å². The van der Waals surface area contributed by atoms with Crippen LogP contribution in [0.3, 0.4) is 0 Å². The monoisotopic (exact) mass is 268 g/mol. The van der Waals surface area contributed by atoms with Gasteiger partial charge in [-0.2, -0.15) is 0 Å². The van der Waals surface area contributed by atoms with Crippen molar-refractivity contribution in [3.05, 3.63) is 44.4 Å². The maximum Gasteiger partial charge on any atom is 0.277 e. The molecule has 0 saturated heterocycles. The van der Waals surface area contributed by atoms with Gasteiger partial charge < -0.3 is 11.5 Å². The molecule has 0 amide bonds. The first-order chi connectivity index (χ1) is 8.02. The van der Waals surface area contributed by atoms with Gasteiger partial charge in [-0.1, -0.05) is 23.7 Å². The average Bonchev–Trinajstić information content (AvgIpc) is 2.29. The summed E-state index contributed by atoms with van der Waals surface area (Å²) in [5, 5.41) is 0.460. The molecule has 0 fully saturated rings. The summed E-state index contributed by atoms with van der Waals surface area (Å²) in [6.45, 7) is 0. The summed E-state index contributed by atoms with van der Waals surface area (Å²) >= 11 is 11.1. The number of halogens is 1. The highest BCUT2D eigenvalue weighted by atomic mass is 35.5. The van der Waals surface area contributed by atoms with E-state index >= 15 is 0 Å². The molecule has 0 aliphatic carbocycles. The molecule has 0 aliphatic heterocycles. The topological polar surface area (TPSA) is 89.8 Å². The zero-order chi connectivity index (χ0) is 12.6. The van der Waals surface area contributed by atoms with E-state index in [1.807, 2.05) is 0 Å². The summed E-state index contributed by atoms with van der Waals surface area (Å²) in [7, 11) is 0. The molecule has 1 heterocycles. The summed E-state index contributed by atoms with van der Waals surface area (Å²) < 4.78 is 1.57. The molecule has 0 spiro atoms. The van der Waals surface area contributed by atoms with Gasteiger partial charge in [-0.3, -0.25) is 14.3 Å². The lowest BCUT2D eigenvalue weighted by Crippen LogP contribution is -2.20. The van der Waals surface area contributed by atoms with Crippen LogP contribution in [0.4, 0.5) is 11.5 Å². The number of anilines is 2. The molecule has 0 aliphatic rings. The third kappa shape index (κ3) is 1.92. The van der Waals surface area contributed by atoms with Crippen LogP contribution in [0, 0.1) is 4.77 Å². The van der Waals surface area contributed by atoms with E-state index in [1.165, 1.54) is 4.57 Å². The minimum absolute atomic E-state index is 0.0758. The largest absolute Gasteiger partial charge is 0.391 e. The Hall–Kier alpha value is -1.79. The highest BCUT2D eigenvalue weighted by Gasteiger charge is 2.10. The summed E-state index contributed by atoms with van der Waals surface area (Å²) in [6, 6.07) is 6.98. The number of nitrogens with zero attached hydrogens (tertiary/aromatic N) is 1. The van der Waals surface area contributed by atoms with Crippen LogP contribution in [-0.2, 0) is 0 Å². The minimum atomic E-state index is -0.504. The SMILES string of the molecule is Nc1c(N)n(-c2ccccc2Cl)c(=S)[nH]c1=O. The number of aromatic amines is 1. The van der Waals surface area contributed by atoms with Gasteiger partial charge in [0, 0.05) is 0 Å². The second kappa shape index (κ2) is 4.23. The molecule has 2 rings (SSSR count). The second-order valence-electron chi connectivity index (χ2n) is 3.35. The van der Waals surface area contributed by atoms with Crippen LogP contribution in [0.15, 0.2) is 29.1 Å². The fraction of sp³-hybridized carbons (Fsp3) is 0. The molecule has 0 saturated carbocycles. The van der Waals surface area contributed by atoms with Crippen molar-refractivity contribution in [1.82, 2.24) is 9.55 Å². The number of nitrogen functional groups attached to an aromatic ring is 2. The maximum atomic E-state index is 11.4. The Morgan fingerprint density at radius 1 is 1.29 bits per heavy atom. The van der Waals surface area contributed by atoms with Crippen molar-refractivity contribution in [3.8, 4) is 5.69 Å². The molecule has 1 aromatic carbocycles. The van der Waals surface area contributed by atoms with Crippen LogP contribution < -0.4 is 17.0 Å². The Kier molecular flexibility index (Phi) is 2.91. The smallest absolute Gasteiger partial charge is 0.277 e. The lowest BCUT2D eigenvalue weighted by Gasteiger charge is -2.13. The molecule has 17 heavy (non-hydrogen) atoms. The number of hydrogen-bond donors (Lipinski definition) is 3. The number of para-hydroxylation sites is 1. The fourth-order valence-electron chi connectivity index (χ4n) is 1.44.